The molecule has 1 saturated heterocycles. The van der Waals surface area contributed by atoms with Crippen LogP contribution in [0.5, 0.6) is 0 Å². The van der Waals surface area contributed by atoms with Crippen LogP contribution < -0.4 is 10.7 Å². The summed E-state index contributed by atoms with van der Waals surface area (Å²) in [5.74, 6) is -2.14. The lowest BCUT2D eigenvalue weighted by Crippen LogP contribution is -2.59. The van der Waals surface area contributed by atoms with Crippen molar-refractivity contribution in [3.63, 3.8) is 0 Å². The van der Waals surface area contributed by atoms with Crippen LogP contribution in [-0.4, -0.2) is 47.2 Å². The molecule has 2 heterocycles. The second-order valence-electron chi connectivity index (χ2n) is 11.2. The number of hydrogen-bond acceptors (Lipinski definition) is 6. The summed E-state index contributed by atoms with van der Waals surface area (Å²) in [6.45, 7) is 9.51. The summed E-state index contributed by atoms with van der Waals surface area (Å²) in [7, 11) is 0. The summed E-state index contributed by atoms with van der Waals surface area (Å²) < 4.78 is 5.80. The summed E-state index contributed by atoms with van der Waals surface area (Å²) in [4.78, 5) is 52.5. The van der Waals surface area contributed by atoms with Gasteiger partial charge in [-0.1, -0.05) is 57.2 Å². The molecule has 8 nitrogen and oxygen atoms in total. The maximum Gasteiger partial charge on any atom is 0.325 e. The molecule has 5 atom stereocenters. The van der Waals surface area contributed by atoms with Crippen LogP contribution in [0.15, 0.2) is 42.5 Å². The average Bonchev–Trinajstić information content (AvgIpc) is 2.92. The van der Waals surface area contributed by atoms with Crippen molar-refractivity contribution >= 4 is 40.4 Å². The topological polar surface area (TPSA) is 105 Å². The minimum absolute atomic E-state index is 0.0296. The molecular formula is C31H39N3O5. The number of hydrazine groups is 1. The summed E-state index contributed by atoms with van der Waals surface area (Å²) >= 11 is 0. The highest BCUT2D eigenvalue weighted by atomic mass is 16.5. The van der Waals surface area contributed by atoms with Crippen LogP contribution in [0, 0.1) is 17.8 Å². The van der Waals surface area contributed by atoms with Crippen LogP contribution in [0.25, 0.3) is 16.8 Å². The van der Waals surface area contributed by atoms with E-state index < -0.39 is 30.1 Å². The van der Waals surface area contributed by atoms with E-state index in [0.717, 1.165) is 21.9 Å². The van der Waals surface area contributed by atoms with E-state index in [1.54, 1.807) is 6.92 Å². The molecule has 0 aliphatic carbocycles. The first kappa shape index (κ1) is 28.5. The summed E-state index contributed by atoms with van der Waals surface area (Å²) in [5.41, 5.74) is 4.82. The number of ketones is 1. The van der Waals surface area contributed by atoms with Crippen LogP contribution >= 0.6 is 0 Å². The third-order valence-corrected chi connectivity index (χ3v) is 7.76. The number of allylic oxidation sites excluding steroid dienone is 1. The summed E-state index contributed by atoms with van der Waals surface area (Å²) in [5, 5.41) is 6.25. The average molecular weight is 534 g/mol. The predicted octanol–water partition coefficient (Wildman–Crippen LogP) is 4.34. The number of benzene rings is 2. The molecular weight excluding hydrogens is 494 g/mol. The number of hydrogen-bond donors (Lipinski definition) is 2. The van der Waals surface area contributed by atoms with Gasteiger partial charge in [0.1, 0.15) is 24.0 Å². The number of nitrogens with one attached hydrogen (secondary N) is 2. The molecule has 2 aromatic rings. The highest BCUT2D eigenvalue weighted by Gasteiger charge is 2.34. The van der Waals surface area contributed by atoms with Crippen molar-refractivity contribution in [3.05, 3.63) is 53.6 Å². The molecule has 39 heavy (non-hydrogen) atoms. The largest absolute Gasteiger partial charge is 0.457 e. The van der Waals surface area contributed by atoms with E-state index in [2.05, 4.69) is 10.7 Å². The van der Waals surface area contributed by atoms with Gasteiger partial charge in [-0.3, -0.25) is 24.2 Å². The van der Waals surface area contributed by atoms with Gasteiger partial charge in [0, 0.05) is 24.8 Å². The Kier molecular flexibility index (Phi) is 8.85. The van der Waals surface area contributed by atoms with Gasteiger partial charge in [0.05, 0.1) is 0 Å². The zero-order valence-corrected chi connectivity index (χ0v) is 23.4. The van der Waals surface area contributed by atoms with Crippen molar-refractivity contribution in [1.82, 2.24) is 15.8 Å². The number of cyclic esters (lactones) is 1. The van der Waals surface area contributed by atoms with Gasteiger partial charge in [-0.05, 0) is 66.6 Å². The molecule has 1 fully saturated rings. The highest BCUT2D eigenvalue weighted by molar-refractivity contribution is 5.92. The maximum absolute atomic E-state index is 13.2. The fourth-order valence-corrected chi connectivity index (χ4v) is 5.09. The number of nitrogens with zero attached hydrogens (tertiary/aromatic N) is 1. The second kappa shape index (κ2) is 12.1. The van der Waals surface area contributed by atoms with Gasteiger partial charge in [0.15, 0.2) is 0 Å². The SMILES string of the molecule is CC(C)[C@@H]1CC(=O)[C@@H](C)/C=C/c2ccc3ccc(cc3c2)[C@@H](C)OC(=O)[C@@H]2CCCN(N2)C(=O)[C@H](C)NC1=O. The number of ether oxygens (including phenoxy) is 1. The zero-order chi connectivity index (χ0) is 28.3. The van der Waals surface area contributed by atoms with Crippen molar-refractivity contribution in [2.75, 3.05) is 6.54 Å². The van der Waals surface area contributed by atoms with Crippen molar-refractivity contribution in [2.45, 2.75) is 72.1 Å². The Hall–Kier alpha value is -3.52. The number of rotatable bonds is 1. The normalized spacial score (nSPS) is 28.4. The highest BCUT2D eigenvalue weighted by Crippen LogP contribution is 2.26. The number of carbonyl (C=O) groups excluding carboxylic acids is 4. The van der Waals surface area contributed by atoms with E-state index in [4.69, 9.17) is 4.74 Å². The second-order valence-corrected chi connectivity index (χ2v) is 11.2. The van der Waals surface area contributed by atoms with Crippen molar-refractivity contribution in [3.8, 4) is 0 Å². The van der Waals surface area contributed by atoms with Crippen LogP contribution in [0.2, 0.25) is 0 Å². The molecule has 0 aromatic heterocycles. The fourth-order valence-electron chi connectivity index (χ4n) is 5.09. The van der Waals surface area contributed by atoms with Crippen LogP contribution in [0.1, 0.15) is 71.1 Å². The van der Waals surface area contributed by atoms with Crippen molar-refractivity contribution < 1.29 is 23.9 Å². The summed E-state index contributed by atoms with van der Waals surface area (Å²) in [6, 6.07) is 10.5. The number of Topliss-reactive ketones (excluding diaryl/α,β-unsaturated/α-hetero) is 1. The number of carbonyl (C=O) groups is 4. The van der Waals surface area contributed by atoms with Crippen LogP contribution in [0.4, 0.5) is 0 Å². The Labute approximate surface area is 230 Å². The Balaban J connectivity index is 1.67. The van der Waals surface area contributed by atoms with Gasteiger partial charge < -0.3 is 10.1 Å². The molecule has 0 unspecified atom stereocenters. The minimum atomic E-state index is -0.820. The Morgan fingerprint density at radius 1 is 0.974 bits per heavy atom. The molecule has 0 saturated carbocycles. The molecule has 2 aliphatic heterocycles. The van der Waals surface area contributed by atoms with Gasteiger partial charge >= 0.3 is 5.97 Å². The van der Waals surface area contributed by atoms with Crippen molar-refractivity contribution in [2.24, 2.45) is 17.8 Å². The molecule has 2 N–H and O–H groups in total. The standard InChI is InChI=1S/C31H39N3O5/c1-18(2)26-17-28(35)19(3)8-9-22-10-11-23-12-13-24(16-25(23)15-22)21(5)39-31(38)27-7-6-14-34(33-27)30(37)20(4)32-29(26)36/h8-13,15-16,18-21,26-27,33H,6-7,14,17H2,1-5H3,(H,32,36)/b9-8+/t19-,20-,21+,26-,27-/m0/s1. The molecule has 0 radical (unpaired) electrons. The predicted molar refractivity (Wildman–Crippen MR) is 150 cm³/mol. The van der Waals surface area contributed by atoms with Gasteiger partial charge in [-0.25, -0.2) is 5.43 Å². The molecule has 2 aromatic carbocycles. The molecule has 5 bridgehead atoms. The third kappa shape index (κ3) is 6.74. The van der Waals surface area contributed by atoms with E-state index in [9.17, 15) is 19.2 Å². The lowest BCUT2D eigenvalue weighted by Gasteiger charge is -2.35. The van der Waals surface area contributed by atoms with Crippen LogP contribution in [-0.2, 0) is 23.9 Å². The van der Waals surface area contributed by atoms with Gasteiger partial charge in [0.2, 0.25) is 5.91 Å². The Bertz CT molecular complexity index is 1290. The Morgan fingerprint density at radius 3 is 2.46 bits per heavy atom. The smallest absolute Gasteiger partial charge is 0.325 e. The van der Waals surface area contributed by atoms with E-state index in [0.29, 0.717) is 19.4 Å². The quantitative estimate of drug-likeness (QED) is 0.529. The molecule has 0 spiro atoms. The Morgan fingerprint density at radius 2 is 1.72 bits per heavy atom. The monoisotopic (exact) mass is 533 g/mol. The number of amides is 2. The van der Waals surface area contributed by atoms with Gasteiger partial charge in [-0.2, -0.15) is 0 Å². The molecule has 208 valence electrons. The lowest BCUT2D eigenvalue weighted by atomic mass is 9.86. The first-order chi connectivity index (χ1) is 18.5. The first-order valence-electron chi connectivity index (χ1n) is 13.9. The summed E-state index contributed by atoms with van der Waals surface area (Å²) in [6.07, 6.45) is 4.56. The zero-order valence-electron chi connectivity index (χ0n) is 23.4. The van der Waals surface area contributed by atoms with Gasteiger partial charge in [0.25, 0.3) is 5.91 Å². The van der Waals surface area contributed by atoms with E-state index >= 15 is 0 Å². The third-order valence-electron chi connectivity index (χ3n) is 7.76. The number of fused-ring (bicyclic) bond motifs is 4. The first-order valence-corrected chi connectivity index (χ1v) is 13.9. The van der Waals surface area contributed by atoms with Gasteiger partial charge in [-0.15, -0.1) is 0 Å². The molecule has 8 heteroatoms. The maximum atomic E-state index is 13.2. The van der Waals surface area contributed by atoms with E-state index in [1.165, 1.54) is 5.01 Å². The van der Waals surface area contributed by atoms with E-state index in [1.807, 2.05) is 76.2 Å². The van der Waals surface area contributed by atoms with E-state index in [-0.39, 0.29) is 35.9 Å². The molecule has 2 amide bonds. The minimum Gasteiger partial charge on any atom is -0.457 e. The van der Waals surface area contributed by atoms with Crippen LogP contribution in [0.3, 0.4) is 0 Å². The fraction of sp³-hybridized carbons (Fsp3) is 0.484. The molecule has 2 aliphatic rings. The lowest BCUT2D eigenvalue weighted by molar-refractivity contribution is -0.157. The molecule has 4 rings (SSSR count). The van der Waals surface area contributed by atoms with Crippen molar-refractivity contribution in [1.29, 1.82) is 0 Å². The number of esters is 1.